The molecule has 1 heterocycles. The maximum atomic E-state index is 11.0. The zero-order chi connectivity index (χ0) is 8.10. The minimum absolute atomic E-state index is 0.164. The number of amides is 1. The molecule has 0 unspecified atom stereocenters. The monoisotopic (exact) mass is 151 g/mol. The van der Waals surface area contributed by atoms with Crippen molar-refractivity contribution in [2.45, 2.75) is 0 Å². The van der Waals surface area contributed by atoms with Crippen LogP contribution < -0.4 is 5.32 Å². The Morgan fingerprint density at radius 1 is 1.91 bits per heavy atom. The largest absolute Gasteiger partial charge is 0.347 e. The maximum absolute atomic E-state index is 11.0. The molecular weight excluding hydrogens is 142 g/mol. The number of rotatable bonds is 3. The Labute approximate surface area is 64.3 Å². The summed E-state index contributed by atoms with van der Waals surface area (Å²) < 4.78 is 0. The van der Waals surface area contributed by atoms with Crippen molar-refractivity contribution in [3.8, 4) is 0 Å². The molecule has 4 heteroatoms. The lowest BCUT2D eigenvalue weighted by Crippen LogP contribution is -2.23. The number of H-pyrrole nitrogens is 1. The lowest BCUT2D eigenvalue weighted by Gasteiger charge is -1.96. The van der Waals surface area contributed by atoms with Gasteiger partial charge in [0.05, 0.1) is 12.5 Å². The van der Waals surface area contributed by atoms with Crippen LogP contribution in [0.25, 0.3) is 0 Å². The molecule has 0 radical (unpaired) electrons. The second-order valence-corrected chi connectivity index (χ2v) is 1.96. The Balaban J connectivity index is 2.49. The number of nitrogens with zero attached hydrogens (tertiary/aromatic N) is 1. The summed E-state index contributed by atoms with van der Waals surface area (Å²) >= 11 is 0. The van der Waals surface area contributed by atoms with Crippen molar-refractivity contribution in [2.24, 2.45) is 0 Å². The van der Waals surface area contributed by atoms with Crippen LogP contribution in [-0.4, -0.2) is 22.4 Å². The van der Waals surface area contributed by atoms with Gasteiger partial charge in [-0.3, -0.25) is 4.79 Å². The standard InChI is InChI=1S/C7H9N3O/c1-2-3-9-7(11)6-4-8-5-10-6/h2,4-5H,1,3H2,(H,8,10)(H,9,11). The zero-order valence-electron chi connectivity index (χ0n) is 6.00. The van der Waals surface area contributed by atoms with Gasteiger partial charge in [0.15, 0.2) is 0 Å². The predicted octanol–water partition coefficient (Wildman–Crippen LogP) is 0.326. The van der Waals surface area contributed by atoms with Crippen LogP contribution in [0, 0.1) is 0 Å². The molecule has 58 valence electrons. The number of carbonyl (C=O) groups excluding carboxylic acids is 1. The Morgan fingerprint density at radius 3 is 3.27 bits per heavy atom. The molecule has 4 nitrogen and oxygen atoms in total. The van der Waals surface area contributed by atoms with Gasteiger partial charge in [-0.2, -0.15) is 0 Å². The van der Waals surface area contributed by atoms with Gasteiger partial charge in [-0.05, 0) is 0 Å². The molecule has 11 heavy (non-hydrogen) atoms. The van der Waals surface area contributed by atoms with Gasteiger partial charge in [0.2, 0.25) is 0 Å². The van der Waals surface area contributed by atoms with E-state index in [4.69, 9.17) is 0 Å². The average molecular weight is 151 g/mol. The highest BCUT2D eigenvalue weighted by Crippen LogP contribution is 1.88. The van der Waals surface area contributed by atoms with Gasteiger partial charge in [-0.1, -0.05) is 6.08 Å². The van der Waals surface area contributed by atoms with Crippen molar-refractivity contribution in [3.05, 3.63) is 30.9 Å². The number of aromatic nitrogens is 2. The molecule has 0 saturated heterocycles. The Bertz CT molecular complexity index is 240. The van der Waals surface area contributed by atoms with E-state index in [1.54, 1.807) is 6.08 Å². The minimum atomic E-state index is -0.164. The lowest BCUT2D eigenvalue weighted by molar-refractivity contribution is 0.0953. The summed E-state index contributed by atoms with van der Waals surface area (Å²) in [4.78, 5) is 17.4. The Hall–Kier alpha value is -1.58. The summed E-state index contributed by atoms with van der Waals surface area (Å²) in [6, 6.07) is 0. The molecule has 1 rings (SSSR count). The van der Waals surface area contributed by atoms with Crippen molar-refractivity contribution < 1.29 is 4.79 Å². The van der Waals surface area contributed by atoms with E-state index in [1.807, 2.05) is 0 Å². The van der Waals surface area contributed by atoms with E-state index in [1.165, 1.54) is 12.5 Å². The molecule has 0 fully saturated rings. The zero-order valence-corrected chi connectivity index (χ0v) is 6.00. The topological polar surface area (TPSA) is 57.8 Å². The second-order valence-electron chi connectivity index (χ2n) is 1.96. The molecular formula is C7H9N3O. The number of hydrogen-bond donors (Lipinski definition) is 2. The van der Waals surface area contributed by atoms with E-state index in [-0.39, 0.29) is 5.91 Å². The highest BCUT2D eigenvalue weighted by atomic mass is 16.1. The first-order valence-electron chi connectivity index (χ1n) is 3.22. The summed E-state index contributed by atoms with van der Waals surface area (Å²) in [5, 5.41) is 2.61. The fourth-order valence-corrected chi connectivity index (χ4v) is 0.640. The lowest BCUT2D eigenvalue weighted by atomic mass is 10.4. The number of imidazole rings is 1. The van der Waals surface area contributed by atoms with E-state index in [0.29, 0.717) is 12.2 Å². The molecule has 0 aliphatic heterocycles. The van der Waals surface area contributed by atoms with Crippen molar-refractivity contribution in [3.63, 3.8) is 0 Å². The van der Waals surface area contributed by atoms with Gasteiger partial charge < -0.3 is 10.3 Å². The third-order valence-corrected chi connectivity index (χ3v) is 1.15. The predicted molar refractivity (Wildman–Crippen MR) is 41.1 cm³/mol. The normalized spacial score (nSPS) is 9.09. The minimum Gasteiger partial charge on any atom is -0.347 e. The quantitative estimate of drug-likeness (QED) is 0.611. The van der Waals surface area contributed by atoms with E-state index in [9.17, 15) is 4.79 Å². The van der Waals surface area contributed by atoms with Gasteiger partial charge in [-0.25, -0.2) is 4.98 Å². The van der Waals surface area contributed by atoms with Gasteiger partial charge in [0.25, 0.3) is 5.91 Å². The SMILES string of the molecule is C=CCNC(=O)c1cnc[nH]1. The van der Waals surface area contributed by atoms with E-state index >= 15 is 0 Å². The van der Waals surface area contributed by atoms with Gasteiger partial charge in [0.1, 0.15) is 5.69 Å². The van der Waals surface area contributed by atoms with Gasteiger partial charge >= 0.3 is 0 Å². The first kappa shape index (κ1) is 7.53. The maximum Gasteiger partial charge on any atom is 0.269 e. The summed E-state index contributed by atoms with van der Waals surface area (Å²) in [5.74, 6) is -0.164. The number of aromatic amines is 1. The summed E-state index contributed by atoms with van der Waals surface area (Å²) in [5.41, 5.74) is 0.465. The first-order valence-corrected chi connectivity index (χ1v) is 3.22. The van der Waals surface area contributed by atoms with Crippen molar-refractivity contribution in [1.29, 1.82) is 0 Å². The van der Waals surface area contributed by atoms with E-state index < -0.39 is 0 Å². The van der Waals surface area contributed by atoms with Crippen LogP contribution in [0.5, 0.6) is 0 Å². The van der Waals surface area contributed by atoms with Crippen LogP contribution in [0.15, 0.2) is 25.2 Å². The van der Waals surface area contributed by atoms with Crippen LogP contribution in [0.4, 0.5) is 0 Å². The molecule has 0 aromatic carbocycles. The molecule has 0 bridgehead atoms. The van der Waals surface area contributed by atoms with Crippen molar-refractivity contribution >= 4 is 5.91 Å². The van der Waals surface area contributed by atoms with Crippen LogP contribution in [0.3, 0.4) is 0 Å². The van der Waals surface area contributed by atoms with Crippen LogP contribution in [-0.2, 0) is 0 Å². The Morgan fingerprint density at radius 2 is 2.73 bits per heavy atom. The van der Waals surface area contributed by atoms with Crippen molar-refractivity contribution in [2.75, 3.05) is 6.54 Å². The van der Waals surface area contributed by atoms with Gasteiger partial charge in [-0.15, -0.1) is 6.58 Å². The molecule has 0 atom stereocenters. The van der Waals surface area contributed by atoms with Crippen LogP contribution in [0.2, 0.25) is 0 Å². The molecule has 1 aromatic heterocycles. The molecule has 2 N–H and O–H groups in total. The van der Waals surface area contributed by atoms with E-state index in [0.717, 1.165) is 0 Å². The van der Waals surface area contributed by atoms with Crippen LogP contribution in [0.1, 0.15) is 10.5 Å². The third-order valence-electron chi connectivity index (χ3n) is 1.15. The summed E-state index contributed by atoms with van der Waals surface area (Å²) in [7, 11) is 0. The molecule has 0 aliphatic carbocycles. The fraction of sp³-hybridized carbons (Fsp3) is 0.143. The summed E-state index contributed by atoms with van der Waals surface area (Å²) in [6.45, 7) is 3.94. The van der Waals surface area contributed by atoms with Crippen molar-refractivity contribution in [1.82, 2.24) is 15.3 Å². The molecule has 0 aliphatic rings. The average Bonchev–Trinajstić information content (AvgIpc) is 2.52. The highest BCUT2D eigenvalue weighted by Gasteiger charge is 2.02. The molecule has 0 saturated carbocycles. The molecule has 0 spiro atoms. The first-order chi connectivity index (χ1) is 5.34. The number of nitrogens with one attached hydrogen (secondary N) is 2. The summed E-state index contributed by atoms with van der Waals surface area (Å²) in [6.07, 6.45) is 4.55. The molecule has 1 aromatic rings. The van der Waals surface area contributed by atoms with Crippen LogP contribution >= 0.6 is 0 Å². The smallest absolute Gasteiger partial charge is 0.269 e. The highest BCUT2D eigenvalue weighted by molar-refractivity contribution is 5.91. The van der Waals surface area contributed by atoms with E-state index in [2.05, 4.69) is 21.9 Å². The third kappa shape index (κ3) is 1.93. The molecule has 1 amide bonds. The second kappa shape index (κ2) is 3.55. The Kier molecular flexibility index (Phi) is 2.43. The fourth-order valence-electron chi connectivity index (χ4n) is 0.640. The number of hydrogen-bond acceptors (Lipinski definition) is 2. The number of carbonyl (C=O) groups is 1. The van der Waals surface area contributed by atoms with Gasteiger partial charge in [0, 0.05) is 6.54 Å².